The molecule has 0 saturated heterocycles. The lowest BCUT2D eigenvalue weighted by Crippen LogP contribution is -1.96. The monoisotopic (exact) mass is 277 g/mol. The average Bonchev–Trinajstić information content (AvgIpc) is 3.00. The third-order valence-electron chi connectivity index (χ3n) is 3.26. The van der Waals surface area contributed by atoms with Crippen LogP contribution in [0.15, 0.2) is 55.1 Å². The summed E-state index contributed by atoms with van der Waals surface area (Å²) in [6.07, 6.45) is 6.82. The molecule has 6 nitrogen and oxygen atoms in total. The molecule has 0 aliphatic rings. The summed E-state index contributed by atoms with van der Waals surface area (Å²) in [5.41, 5.74) is 8.08. The van der Waals surface area contributed by atoms with Gasteiger partial charge in [0.25, 0.3) is 0 Å². The van der Waals surface area contributed by atoms with Crippen LogP contribution in [-0.4, -0.2) is 19.6 Å². The van der Waals surface area contributed by atoms with E-state index in [2.05, 4.69) is 15.1 Å². The van der Waals surface area contributed by atoms with Gasteiger partial charge in [-0.05, 0) is 30.3 Å². The standard InChI is InChI=1S/C15H11N5O/c16-11-3-4-13(10-2-1-6-17-14(10)11)21-15-12-5-7-19-20(12)9-8-18-15/h1-9H,16H2. The topological polar surface area (TPSA) is 78.3 Å². The molecular formula is C15H11N5O. The lowest BCUT2D eigenvalue weighted by molar-refractivity contribution is 0.471. The van der Waals surface area contributed by atoms with E-state index >= 15 is 0 Å². The summed E-state index contributed by atoms with van der Waals surface area (Å²) in [6.45, 7) is 0. The first-order valence-electron chi connectivity index (χ1n) is 6.42. The van der Waals surface area contributed by atoms with Crippen LogP contribution in [0.2, 0.25) is 0 Å². The molecule has 4 aromatic rings. The minimum Gasteiger partial charge on any atom is -0.436 e. The van der Waals surface area contributed by atoms with Crippen molar-refractivity contribution in [2.75, 3.05) is 5.73 Å². The summed E-state index contributed by atoms with van der Waals surface area (Å²) in [6, 6.07) is 9.22. The molecule has 0 bridgehead atoms. The summed E-state index contributed by atoms with van der Waals surface area (Å²) in [5, 5.41) is 5.01. The molecule has 0 spiro atoms. The Kier molecular flexibility index (Phi) is 2.47. The van der Waals surface area contributed by atoms with Crippen molar-refractivity contribution in [2.24, 2.45) is 0 Å². The molecule has 4 rings (SSSR count). The number of nitrogen functional groups attached to an aromatic ring is 1. The summed E-state index contributed by atoms with van der Waals surface area (Å²) in [5.74, 6) is 1.15. The molecule has 3 heterocycles. The highest BCUT2D eigenvalue weighted by molar-refractivity contribution is 5.94. The predicted octanol–water partition coefficient (Wildman–Crippen LogP) is 2.65. The van der Waals surface area contributed by atoms with E-state index in [1.165, 1.54) is 0 Å². The molecule has 0 unspecified atom stereocenters. The molecule has 6 heteroatoms. The van der Waals surface area contributed by atoms with E-state index in [-0.39, 0.29) is 0 Å². The molecule has 0 aliphatic heterocycles. The molecule has 3 aromatic heterocycles. The molecule has 0 atom stereocenters. The first-order chi connectivity index (χ1) is 10.3. The van der Waals surface area contributed by atoms with Crippen LogP contribution in [0.25, 0.3) is 16.4 Å². The van der Waals surface area contributed by atoms with Crippen LogP contribution in [0.5, 0.6) is 11.6 Å². The summed E-state index contributed by atoms with van der Waals surface area (Å²) >= 11 is 0. The average molecular weight is 277 g/mol. The molecule has 1 aromatic carbocycles. The number of anilines is 1. The van der Waals surface area contributed by atoms with E-state index < -0.39 is 0 Å². The molecule has 0 amide bonds. The van der Waals surface area contributed by atoms with Gasteiger partial charge in [-0.25, -0.2) is 9.50 Å². The van der Waals surface area contributed by atoms with Gasteiger partial charge in [0, 0.05) is 24.0 Å². The summed E-state index contributed by atoms with van der Waals surface area (Å²) in [7, 11) is 0. The van der Waals surface area contributed by atoms with Crippen LogP contribution in [0.1, 0.15) is 0 Å². The zero-order valence-corrected chi connectivity index (χ0v) is 11.0. The quantitative estimate of drug-likeness (QED) is 0.570. The highest BCUT2D eigenvalue weighted by atomic mass is 16.5. The van der Waals surface area contributed by atoms with Gasteiger partial charge in [0.15, 0.2) is 0 Å². The maximum Gasteiger partial charge on any atom is 0.245 e. The van der Waals surface area contributed by atoms with E-state index in [4.69, 9.17) is 10.5 Å². The van der Waals surface area contributed by atoms with E-state index in [9.17, 15) is 0 Å². The van der Waals surface area contributed by atoms with E-state index in [0.29, 0.717) is 17.3 Å². The van der Waals surface area contributed by atoms with E-state index in [1.54, 1.807) is 35.4 Å². The smallest absolute Gasteiger partial charge is 0.245 e. The van der Waals surface area contributed by atoms with Crippen molar-refractivity contribution >= 4 is 22.1 Å². The van der Waals surface area contributed by atoms with Crippen molar-refractivity contribution in [1.29, 1.82) is 0 Å². The number of ether oxygens (including phenoxy) is 1. The number of nitrogens with zero attached hydrogens (tertiary/aromatic N) is 4. The van der Waals surface area contributed by atoms with Crippen LogP contribution in [0.3, 0.4) is 0 Å². The maximum absolute atomic E-state index is 5.95. The van der Waals surface area contributed by atoms with Gasteiger partial charge in [0.1, 0.15) is 11.3 Å². The zero-order valence-electron chi connectivity index (χ0n) is 11.0. The fourth-order valence-electron chi connectivity index (χ4n) is 2.27. The van der Waals surface area contributed by atoms with Gasteiger partial charge in [0.05, 0.1) is 17.4 Å². The molecule has 102 valence electrons. The second-order valence-electron chi connectivity index (χ2n) is 4.55. The molecule has 21 heavy (non-hydrogen) atoms. The lowest BCUT2D eigenvalue weighted by atomic mass is 10.2. The summed E-state index contributed by atoms with van der Waals surface area (Å²) in [4.78, 5) is 8.56. The number of hydrogen-bond acceptors (Lipinski definition) is 5. The van der Waals surface area contributed by atoms with Crippen molar-refractivity contribution in [3.8, 4) is 11.6 Å². The predicted molar refractivity (Wildman–Crippen MR) is 79.2 cm³/mol. The minimum atomic E-state index is 0.491. The first kappa shape index (κ1) is 11.7. The molecule has 2 N–H and O–H groups in total. The van der Waals surface area contributed by atoms with Gasteiger partial charge in [-0.3, -0.25) is 4.98 Å². The number of rotatable bonds is 2. The number of pyridine rings is 1. The Morgan fingerprint density at radius 3 is 2.90 bits per heavy atom. The van der Waals surface area contributed by atoms with Crippen molar-refractivity contribution in [3.63, 3.8) is 0 Å². The second-order valence-corrected chi connectivity index (χ2v) is 4.55. The normalized spacial score (nSPS) is 11.0. The Morgan fingerprint density at radius 1 is 1.00 bits per heavy atom. The Hall–Kier alpha value is -3.15. The number of nitrogens with two attached hydrogens (primary N) is 1. The molecular weight excluding hydrogens is 266 g/mol. The highest BCUT2D eigenvalue weighted by Crippen LogP contribution is 2.32. The number of fused-ring (bicyclic) bond motifs is 2. The van der Waals surface area contributed by atoms with Gasteiger partial charge >= 0.3 is 0 Å². The highest BCUT2D eigenvalue weighted by Gasteiger charge is 2.10. The number of hydrogen-bond donors (Lipinski definition) is 1. The van der Waals surface area contributed by atoms with Crippen LogP contribution >= 0.6 is 0 Å². The van der Waals surface area contributed by atoms with Crippen molar-refractivity contribution in [3.05, 3.63) is 55.1 Å². The second kappa shape index (κ2) is 4.45. The Balaban J connectivity index is 1.88. The van der Waals surface area contributed by atoms with Crippen LogP contribution in [0, 0.1) is 0 Å². The van der Waals surface area contributed by atoms with Crippen LogP contribution < -0.4 is 10.5 Å². The van der Waals surface area contributed by atoms with Gasteiger partial charge in [-0.2, -0.15) is 5.10 Å². The molecule has 0 fully saturated rings. The van der Waals surface area contributed by atoms with E-state index in [0.717, 1.165) is 16.4 Å². The Labute approximate surface area is 119 Å². The number of aromatic nitrogens is 4. The fourth-order valence-corrected chi connectivity index (χ4v) is 2.27. The Bertz CT molecular complexity index is 947. The third kappa shape index (κ3) is 1.85. The summed E-state index contributed by atoms with van der Waals surface area (Å²) < 4.78 is 7.66. The van der Waals surface area contributed by atoms with Gasteiger partial charge in [-0.1, -0.05) is 0 Å². The Morgan fingerprint density at radius 2 is 1.95 bits per heavy atom. The third-order valence-corrected chi connectivity index (χ3v) is 3.26. The molecule has 0 aliphatic carbocycles. The van der Waals surface area contributed by atoms with Crippen LogP contribution in [-0.2, 0) is 0 Å². The molecule has 0 radical (unpaired) electrons. The maximum atomic E-state index is 5.95. The van der Waals surface area contributed by atoms with E-state index in [1.807, 2.05) is 24.3 Å². The molecule has 0 saturated carbocycles. The largest absolute Gasteiger partial charge is 0.436 e. The first-order valence-corrected chi connectivity index (χ1v) is 6.42. The van der Waals surface area contributed by atoms with Gasteiger partial charge in [-0.15, -0.1) is 0 Å². The zero-order chi connectivity index (χ0) is 14.2. The minimum absolute atomic E-state index is 0.491. The van der Waals surface area contributed by atoms with Crippen molar-refractivity contribution in [2.45, 2.75) is 0 Å². The van der Waals surface area contributed by atoms with Gasteiger partial charge in [0.2, 0.25) is 5.88 Å². The van der Waals surface area contributed by atoms with Crippen molar-refractivity contribution < 1.29 is 4.74 Å². The van der Waals surface area contributed by atoms with Crippen molar-refractivity contribution in [1.82, 2.24) is 19.6 Å². The fraction of sp³-hybridized carbons (Fsp3) is 0. The lowest BCUT2D eigenvalue weighted by Gasteiger charge is -2.09. The SMILES string of the molecule is Nc1ccc(Oc2nccn3nccc23)c2cccnc12. The number of benzene rings is 1. The van der Waals surface area contributed by atoms with Gasteiger partial charge < -0.3 is 10.5 Å². The van der Waals surface area contributed by atoms with Crippen LogP contribution in [0.4, 0.5) is 5.69 Å².